The highest BCUT2D eigenvalue weighted by atomic mass is 19.2. The van der Waals surface area contributed by atoms with Crippen LogP contribution in [-0.2, 0) is 0 Å². The van der Waals surface area contributed by atoms with Crippen LogP contribution in [-0.4, -0.2) is 29.5 Å². The number of ether oxygens (including phenoxy) is 1. The molecular formula is C21H20F3N5O2. The molecule has 162 valence electrons. The third kappa shape index (κ3) is 5.03. The molecule has 3 rings (SSSR count). The summed E-state index contributed by atoms with van der Waals surface area (Å²) in [7, 11) is 0.981. The lowest BCUT2D eigenvalue weighted by Crippen LogP contribution is -2.15. The number of hydrogen-bond donors (Lipinski definition) is 3. The van der Waals surface area contributed by atoms with Crippen LogP contribution in [0.1, 0.15) is 23.0 Å². The maximum absolute atomic E-state index is 14.3. The summed E-state index contributed by atoms with van der Waals surface area (Å²) in [6.45, 7) is 4.47. The monoisotopic (exact) mass is 431 g/mol. The highest BCUT2D eigenvalue weighted by Crippen LogP contribution is 2.28. The Hall–Kier alpha value is -3.82. The van der Waals surface area contributed by atoms with Crippen LogP contribution < -0.4 is 20.7 Å². The number of aryl methyl sites for hydroxylation is 1. The quantitative estimate of drug-likeness (QED) is 0.473. The van der Waals surface area contributed by atoms with Crippen LogP contribution in [0.2, 0.25) is 0 Å². The van der Waals surface area contributed by atoms with Gasteiger partial charge in [0.2, 0.25) is 11.8 Å². The van der Waals surface area contributed by atoms with Crippen molar-refractivity contribution >= 4 is 29.0 Å². The van der Waals surface area contributed by atoms with Crippen molar-refractivity contribution in [1.82, 2.24) is 9.97 Å². The Balaban J connectivity index is 1.74. The average Bonchev–Trinajstić information content (AvgIpc) is 2.72. The van der Waals surface area contributed by atoms with Gasteiger partial charge in [0, 0.05) is 29.7 Å². The van der Waals surface area contributed by atoms with Crippen LogP contribution in [0.15, 0.2) is 36.4 Å². The summed E-state index contributed by atoms with van der Waals surface area (Å²) in [5.41, 5.74) is 1.11. The van der Waals surface area contributed by atoms with Gasteiger partial charge in [-0.3, -0.25) is 4.79 Å². The Morgan fingerprint density at radius 1 is 1.03 bits per heavy atom. The van der Waals surface area contributed by atoms with E-state index in [2.05, 4.69) is 30.7 Å². The zero-order chi connectivity index (χ0) is 22.5. The number of hydrogen-bond acceptors (Lipinski definition) is 6. The highest BCUT2D eigenvalue weighted by Gasteiger charge is 2.23. The fourth-order valence-electron chi connectivity index (χ4n) is 2.78. The van der Waals surface area contributed by atoms with Crippen molar-refractivity contribution in [3.8, 4) is 5.75 Å². The SMILES string of the molecule is CCNc1nc(C)cc(Nc2ccc(NC(=O)c3cc(F)c(F)c(OC)c3F)cc2)n1. The molecule has 7 nitrogen and oxygen atoms in total. The predicted octanol–water partition coefficient (Wildman–Crippen LogP) is 4.64. The van der Waals surface area contributed by atoms with Gasteiger partial charge in [-0.2, -0.15) is 9.37 Å². The largest absolute Gasteiger partial charge is 0.491 e. The fourth-order valence-corrected chi connectivity index (χ4v) is 2.78. The molecule has 0 spiro atoms. The number of methoxy groups -OCH3 is 1. The molecule has 0 unspecified atom stereocenters. The number of amides is 1. The summed E-state index contributed by atoms with van der Waals surface area (Å²) in [6.07, 6.45) is 0. The van der Waals surface area contributed by atoms with Crippen LogP contribution in [0.5, 0.6) is 5.75 Å². The summed E-state index contributed by atoms with van der Waals surface area (Å²) in [5.74, 6) is -5.00. The molecule has 0 atom stereocenters. The number of rotatable bonds is 7. The van der Waals surface area contributed by atoms with E-state index in [0.717, 1.165) is 12.8 Å². The van der Waals surface area contributed by atoms with E-state index in [1.807, 2.05) is 13.8 Å². The molecule has 0 fully saturated rings. The van der Waals surface area contributed by atoms with Gasteiger partial charge in [0.1, 0.15) is 5.82 Å². The second-order valence-corrected chi connectivity index (χ2v) is 6.47. The summed E-state index contributed by atoms with van der Waals surface area (Å²) in [5, 5.41) is 8.60. The van der Waals surface area contributed by atoms with Crippen molar-refractivity contribution in [3.63, 3.8) is 0 Å². The topological polar surface area (TPSA) is 88.2 Å². The van der Waals surface area contributed by atoms with Gasteiger partial charge in [-0.05, 0) is 44.2 Å². The van der Waals surface area contributed by atoms with Crippen molar-refractivity contribution in [3.05, 3.63) is 65.1 Å². The molecule has 0 aliphatic carbocycles. The molecule has 0 bridgehead atoms. The Bertz CT molecular complexity index is 1110. The van der Waals surface area contributed by atoms with Gasteiger partial charge >= 0.3 is 0 Å². The van der Waals surface area contributed by atoms with E-state index < -0.39 is 34.7 Å². The van der Waals surface area contributed by atoms with Crippen LogP contribution in [0.4, 0.5) is 36.3 Å². The second-order valence-electron chi connectivity index (χ2n) is 6.47. The number of carbonyl (C=O) groups is 1. The van der Waals surface area contributed by atoms with Crippen molar-refractivity contribution in [1.29, 1.82) is 0 Å². The maximum Gasteiger partial charge on any atom is 0.258 e. The number of anilines is 4. The van der Waals surface area contributed by atoms with Crippen molar-refractivity contribution in [2.45, 2.75) is 13.8 Å². The second kappa shape index (κ2) is 9.33. The smallest absolute Gasteiger partial charge is 0.258 e. The van der Waals surface area contributed by atoms with Crippen molar-refractivity contribution < 1.29 is 22.7 Å². The minimum Gasteiger partial charge on any atom is -0.491 e. The molecule has 1 heterocycles. The predicted molar refractivity (Wildman–Crippen MR) is 111 cm³/mol. The van der Waals surface area contributed by atoms with Gasteiger partial charge in [-0.15, -0.1) is 0 Å². The molecule has 1 aromatic heterocycles. The molecule has 3 aromatic rings. The zero-order valence-corrected chi connectivity index (χ0v) is 17.0. The third-order valence-electron chi connectivity index (χ3n) is 4.17. The fraction of sp³-hybridized carbons (Fsp3) is 0.190. The molecule has 0 aliphatic rings. The summed E-state index contributed by atoms with van der Waals surface area (Å²) < 4.78 is 46.0. The van der Waals surface area contributed by atoms with Crippen LogP contribution in [0.25, 0.3) is 0 Å². The number of halogens is 3. The standard InChI is InChI=1S/C21H20F3N5O2/c1-4-25-21-26-11(2)9-16(29-21)27-12-5-7-13(8-6-12)28-20(30)14-10-15(22)18(24)19(31-3)17(14)23/h5-10H,4H2,1-3H3,(H,28,30)(H2,25,26,27,29). The zero-order valence-electron chi connectivity index (χ0n) is 17.0. The van der Waals surface area contributed by atoms with Crippen LogP contribution in [0, 0.1) is 24.4 Å². The minimum absolute atomic E-state index is 0.325. The van der Waals surface area contributed by atoms with Gasteiger partial charge in [-0.25, -0.2) is 13.8 Å². The molecule has 0 aliphatic heterocycles. The summed E-state index contributed by atoms with van der Waals surface area (Å²) in [4.78, 5) is 21.0. The number of carbonyl (C=O) groups excluding carboxylic acids is 1. The van der Waals surface area contributed by atoms with E-state index in [9.17, 15) is 18.0 Å². The van der Waals surface area contributed by atoms with Gasteiger partial charge < -0.3 is 20.7 Å². The molecule has 0 saturated carbocycles. The molecule has 2 aromatic carbocycles. The first kappa shape index (κ1) is 21.9. The Kier molecular flexibility index (Phi) is 6.58. The van der Waals surface area contributed by atoms with E-state index in [1.54, 1.807) is 30.3 Å². The van der Waals surface area contributed by atoms with E-state index in [-0.39, 0.29) is 0 Å². The number of aromatic nitrogens is 2. The first-order valence-corrected chi connectivity index (χ1v) is 9.31. The highest BCUT2D eigenvalue weighted by molar-refractivity contribution is 6.04. The van der Waals surface area contributed by atoms with Crippen molar-refractivity contribution in [2.24, 2.45) is 0 Å². The lowest BCUT2D eigenvalue weighted by atomic mass is 10.1. The summed E-state index contributed by atoms with van der Waals surface area (Å²) in [6, 6.07) is 8.72. The molecule has 3 N–H and O–H groups in total. The van der Waals surface area contributed by atoms with Gasteiger partial charge in [0.05, 0.1) is 12.7 Å². The van der Waals surface area contributed by atoms with Crippen molar-refractivity contribution in [2.75, 3.05) is 29.6 Å². The van der Waals surface area contributed by atoms with E-state index in [1.165, 1.54) is 0 Å². The molecule has 1 amide bonds. The number of nitrogens with zero attached hydrogens (tertiary/aromatic N) is 2. The van der Waals surface area contributed by atoms with E-state index in [4.69, 9.17) is 0 Å². The first-order chi connectivity index (χ1) is 14.8. The average molecular weight is 431 g/mol. The molecule has 31 heavy (non-hydrogen) atoms. The minimum atomic E-state index is -1.50. The molecule has 0 saturated heterocycles. The van der Waals surface area contributed by atoms with E-state index >= 15 is 0 Å². The molecule has 0 radical (unpaired) electrons. The van der Waals surface area contributed by atoms with Crippen LogP contribution in [0.3, 0.4) is 0 Å². The Labute approximate surface area is 176 Å². The number of benzene rings is 2. The maximum atomic E-state index is 14.3. The van der Waals surface area contributed by atoms with Gasteiger partial charge in [0.25, 0.3) is 5.91 Å². The Morgan fingerprint density at radius 2 is 1.71 bits per heavy atom. The van der Waals surface area contributed by atoms with E-state index in [0.29, 0.717) is 35.8 Å². The lowest BCUT2D eigenvalue weighted by Gasteiger charge is -2.11. The number of nitrogens with one attached hydrogen (secondary N) is 3. The van der Waals surface area contributed by atoms with Gasteiger partial charge in [-0.1, -0.05) is 0 Å². The molecule has 10 heteroatoms. The Morgan fingerprint density at radius 3 is 2.35 bits per heavy atom. The van der Waals surface area contributed by atoms with Gasteiger partial charge in [0.15, 0.2) is 17.4 Å². The lowest BCUT2D eigenvalue weighted by molar-refractivity contribution is 0.102. The summed E-state index contributed by atoms with van der Waals surface area (Å²) >= 11 is 0. The first-order valence-electron chi connectivity index (χ1n) is 9.31. The molecular weight excluding hydrogens is 411 g/mol. The third-order valence-corrected chi connectivity index (χ3v) is 4.17. The van der Waals surface area contributed by atoms with Crippen LogP contribution >= 0.6 is 0 Å². The normalized spacial score (nSPS) is 10.5.